The van der Waals surface area contributed by atoms with Crippen molar-refractivity contribution in [3.8, 4) is 0 Å². The fourth-order valence-electron chi connectivity index (χ4n) is 4.14. The van der Waals surface area contributed by atoms with E-state index in [1.165, 1.54) is 6.07 Å². The molecular weight excluding hydrogens is 495 g/mol. The molecule has 0 radical (unpaired) electrons. The summed E-state index contributed by atoms with van der Waals surface area (Å²) in [5, 5.41) is 7.86. The molecule has 5 nitrogen and oxygen atoms in total. The molecule has 0 saturated heterocycles. The molecule has 2 aromatic carbocycles. The number of alkyl halides is 6. The van der Waals surface area contributed by atoms with Crippen molar-refractivity contribution in [2.75, 3.05) is 6.54 Å². The molecule has 0 aromatic heterocycles. The van der Waals surface area contributed by atoms with Crippen molar-refractivity contribution < 1.29 is 40.3 Å². The van der Waals surface area contributed by atoms with E-state index in [0.717, 1.165) is 43.2 Å². The van der Waals surface area contributed by atoms with Gasteiger partial charge in [-0.15, -0.1) is 0 Å². The molecule has 0 spiro atoms. The van der Waals surface area contributed by atoms with E-state index in [9.17, 15) is 40.3 Å². The molecule has 2 amide bonds. The molecule has 1 fully saturated rings. The Morgan fingerprint density at radius 2 is 1.56 bits per heavy atom. The van der Waals surface area contributed by atoms with Crippen LogP contribution in [0.2, 0.25) is 0 Å². The van der Waals surface area contributed by atoms with E-state index in [0.29, 0.717) is 18.9 Å². The summed E-state index contributed by atoms with van der Waals surface area (Å²) in [4.78, 5) is 24.6. The van der Waals surface area contributed by atoms with E-state index in [2.05, 4.69) is 16.0 Å². The standard InChI is InChI=1S/C24H24F7N3O2/c25-18-8-4-7-17(24(29,30)31)16(18)12-32-19-9-1-2-10-20(19)34-21(35)13-33-22(36)14-5-3-6-15(11-14)23(26,27)28/h3-8,11,19-20,32H,1-2,9-10,12-13H2,(H,33,36)(H,34,35)/t19-,20-/m0/s1. The SMILES string of the molecule is O=C(CNC(=O)c1cccc(C(F)(F)F)c1)N[C@H]1CCCC[C@@H]1NCc1c(F)cccc1C(F)(F)F. The predicted molar refractivity (Wildman–Crippen MR) is 116 cm³/mol. The summed E-state index contributed by atoms with van der Waals surface area (Å²) in [5.74, 6) is -2.48. The van der Waals surface area contributed by atoms with Gasteiger partial charge in [-0.1, -0.05) is 25.0 Å². The zero-order valence-electron chi connectivity index (χ0n) is 18.9. The maximum Gasteiger partial charge on any atom is 0.416 e. The van der Waals surface area contributed by atoms with E-state index in [4.69, 9.17) is 0 Å². The largest absolute Gasteiger partial charge is 0.416 e. The molecule has 3 rings (SSSR count). The maximum absolute atomic E-state index is 14.1. The zero-order valence-corrected chi connectivity index (χ0v) is 18.9. The van der Waals surface area contributed by atoms with Crippen LogP contribution in [0, 0.1) is 5.82 Å². The topological polar surface area (TPSA) is 70.2 Å². The fourth-order valence-corrected chi connectivity index (χ4v) is 4.14. The maximum atomic E-state index is 14.1. The number of benzene rings is 2. The van der Waals surface area contributed by atoms with Crippen LogP contribution in [0.4, 0.5) is 30.7 Å². The molecule has 0 unspecified atom stereocenters. The Hall–Kier alpha value is -3.15. The lowest BCUT2D eigenvalue weighted by Gasteiger charge is -2.33. The van der Waals surface area contributed by atoms with E-state index in [1.54, 1.807) is 0 Å². The number of amides is 2. The van der Waals surface area contributed by atoms with E-state index >= 15 is 0 Å². The van der Waals surface area contributed by atoms with Gasteiger partial charge in [0.2, 0.25) is 5.91 Å². The van der Waals surface area contributed by atoms with Crippen molar-refractivity contribution in [2.45, 2.75) is 56.7 Å². The van der Waals surface area contributed by atoms with Crippen LogP contribution >= 0.6 is 0 Å². The van der Waals surface area contributed by atoms with Gasteiger partial charge in [0, 0.05) is 29.8 Å². The van der Waals surface area contributed by atoms with E-state index in [-0.39, 0.29) is 5.56 Å². The molecule has 2 aromatic rings. The molecule has 1 aliphatic carbocycles. The second-order valence-electron chi connectivity index (χ2n) is 8.47. The summed E-state index contributed by atoms with van der Waals surface area (Å²) >= 11 is 0. The number of hydrogen-bond donors (Lipinski definition) is 3. The Labute approximate surface area is 202 Å². The average molecular weight is 519 g/mol. The molecule has 1 saturated carbocycles. The van der Waals surface area contributed by atoms with Gasteiger partial charge < -0.3 is 16.0 Å². The molecule has 0 bridgehead atoms. The van der Waals surface area contributed by atoms with E-state index < -0.39 is 71.8 Å². The number of carbonyl (C=O) groups is 2. The second kappa shape index (κ2) is 11.3. The molecule has 196 valence electrons. The lowest BCUT2D eigenvalue weighted by atomic mass is 9.90. The van der Waals surface area contributed by atoms with Crippen LogP contribution in [0.5, 0.6) is 0 Å². The van der Waals surface area contributed by atoms with Gasteiger partial charge in [0.15, 0.2) is 0 Å². The predicted octanol–water partition coefficient (Wildman–Crippen LogP) is 4.81. The van der Waals surface area contributed by atoms with Gasteiger partial charge in [0.25, 0.3) is 5.91 Å². The van der Waals surface area contributed by atoms with Crippen molar-refractivity contribution in [1.29, 1.82) is 0 Å². The Morgan fingerprint density at radius 1 is 0.889 bits per heavy atom. The Morgan fingerprint density at radius 3 is 2.22 bits per heavy atom. The van der Waals surface area contributed by atoms with Gasteiger partial charge in [-0.2, -0.15) is 26.3 Å². The van der Waals surface area contributed by atoms with Gasteiger partial charge >= 0.3 is 12.4 Å². The smallest absolute Gasteiger partial charge is 0.350 e. The van der Waals surface area contributed by atoms with E-state index in [1.807, 2.05) is 0 Å². The molecule has 2 atom stereocenters. The van der Waals surface area contributed by atoms with Crippen molar-refractivity contribution in [2.24, 2.45) is 0 Å². The third-order valence-electron chi connectivity index (χ3n) is 5.94. The van der Waals surface area contributed by atoms with Gasteiger partial charge in [0.05, 0.1) is 17.7 Å². The highest BCUT2D eigenvalue weighted by Gasteiger charge is 2.35. The van der Waals surface area contributed by atoms with Crippen LogP contribution in [0.3, 0.4) is 0 Å². The first-order valence-corrected chi connectivity index (χ1v) is 11.2. The summed E-state index contributed by atoms with van der Waals surface area (Å²) in [7, 11) is 0. The third kappa shape index (κ3) is 7.19. The quantitative estimate of drug-likeness (QED) is 0.460. The number of hydrogen-bond acceptors (Lipinski definition) is 3. The zero-order chi connectivity index (χ0) is 26.5. The summed E-state index contributed by atoms with van der Waals surface area (Å²) in [6.45, 7) is -0.908. The highest BCUT2D eigenvalue weighted by Crippen LogP contribution is 2.33. The molecule has 12 heteroatoms. The molecule has 3 N–H and O–H groups in total. The Bertz CT molecular complexity index is 1090. The first-order valence-electron chi connectivity index (χ1n) is 11.2. The van der Waals surface area contributed by atoms with Crippen molar-refractivity contribution in [1.82, 2.24) is 16.0 Å². The van der Waals surface area contributed by atoms with Crippen molar-refractivity contribution in [3.63, 3.8) is 0 Å². The first kappa shape index (κ1) is 27.4. The van der Waals surface area contributed by atoms with Crippen molar-refractivity contribution >= 4 is 11.8 Å². The van der Waals surface area contributed by atoms with Gasteiger partial charge in [-0.3, -0.25) is 9.59 Å². The minimum Gasteiger partial charge on any atom is -0.350 e. The molecular formula is C24H24F7N3O2. The first-order chi connectivity index (χ1) is 16.9. The van der Waals surface area contributed by atoms with Crippen LogP contribution in [0.1, 0.15) is 52.7 Å². The highest BCUT2D eigenvalue weighted by molar-refractivity contribution is 5.96. The number of nitrogens with one attached hydrogen (secondary N) is 3. The molecule has 0 aliphatic heterocycles. The molecule has 1 aliphatic rings. The van der Waals surface area contributed by atoms with Crippen molar-refractivity contribution in [3.05, 3.63) is 70.5 Å². The minimum atomic E-state index is -4.73. The van der Waals surface area contributed by atoms with Crippen LogP contribution in [-0.4, -0.2) is 30.4 Å². The number of carbonyl (C=O) groups excluding carboxylic acids is 2. The second-order valence-corrected chi connectivity index (χ2v) is 8.47. The summed E-state index contributed by atoms with van der Waals surface area (Å²) in [5.41, 5.74) is -2.86. The summed E-state index contributed by atoms with van der Waals surface area (Å²) < 4.78 is 92.4. The van der Waals surface area contributed by atoms with Gasteiger partial charge in [-0.25, -0.2) is 4.39 Å². The number of rotatable bonds is 7. The summed E-state index contributed by atoms with van der Waals surface area (Å²) in [6, 6.07) is 5.55. The molecule has 36 heavy (non-hydrogen) atoms. The lowest BCUT2D eigenvalue weighted by molar-refractivity contribution is -0.139. The Balaban J connectivity index is 1.58. The fraction of sp³-hybridized carbons (Fsp3) is 0.417. The minimum absolute atomic E-state index is 0.264. The monoisotopic (exact) mass is 519 g/mol. The summed E-state index contributed by atoms with van der Waals surface area (Å²) in [6.07, 6.45) is -6.82. The van der Waals surface area contributed by atoms with Gasteiger partial charge in [-0.05, 0) is 43.2 Å². The van der Waals surface area contributed by atoms with Crippen LogP contribution in [0.15, 0.2) is 42.5 Å². The Kier molecular flexibility index (Phi) is 8.59. The van der Waals surface area contributed by atoms with Gasteiger partial charge in [0.1, 0.15) is 5.82 Å². The molecule has 0 heterocycles. The lowest BCUT2D eigenvalue weighted by Crippen LogP contribution is -2.53. The third-order valence-corrected chi connectivity index (χ3v) is 5.94. The normalized spacial score (nSPS) is 18.5. The van der Waals surface area contributed by atoms with Crippen LogP contribution < -0.4 is 16.0 Å². The highest BCUT2D eigenvalue weighted by atomic mass is 19.4. The number of halogens is 7. The average Bonchev–Trinajstić information content (AvgIpc) is 2.81. The van der Waals surface area contributed by atoms with Crippen LogP contribution in [-0.2, 0) is 23.7 Å². The van der Waals surface area contributed by atoms with Crippen LogP contribution in [0.25, 0.3) is 0 Å².